The maximum atomic E-state index is 12.9. The number of carbonyl (C=O) groups excluding carboxylic acids is 1. The van der Waals surface area contributed by atoms with Crippen molar-refractivity contribution in [3.05, 3.63) is 46.2 Å². The van der Waals surface area contributed by atoms with Crippen molar-refractivity contribution in [2.45, 2.75) is 64.3 Å². The third-order valence-electron chi connectivity index (χ3n) is 6.12. The van der Waals surface area contributed by atoms with Gasteiger partial charge in [-0.3, -0.25) is 4.79 Å². The van der Waals surface area contributed by atoms with Crippen molar-refractivity contribution in [1.82, 2.24) is 9.47 Å². The lowest BCUT2D eigenvalue weighted by molar-refractivity contribution is -0.000287. The molecule has 152 valence electrons. The lowest BCUT2D eigenvalue weighted by atomic mass is 10.0. The van der Waals surface area contributed by atoms with Crippen LogP contribution in [0.1, 0.15) is 49.9 Å². The summed E-state index contributed by atoms with van der Waals surface area (Å²) >= 11 is 0. The number of carbonyl (C=O) groups is 1. The van der Waals surface area contributed by atoms with Gasteiger partial charge < -0.3 is 14.2 Å². The van der Waals surface area contributed by atoms with Gasteiger partial charge in [0.1, 0.15) is 6.10 Å². The first kappa shape index (κ1) is 20.9. The highest BCUT2D eigenvalue weighted by molar-refractivity contribution is 6.03. The molecule has 2 aromatic rings. The van der Waals surface area contributed by atoms with E-state index in [1.54, 1.807) is 4.57 Å². The molecule has 0 spiro atoms. The molecule has 2 fully saturated rings. The van der Waals surface area contributed by atoms with Crippen molar-refractivity contribution in [2.24, 2.45) is 5.92 Å². The van der Waals surface area contributed by atoms with E-state index in [1.165, 1.54) is 18.9 Å². The van der Waals surface area contributed by atoms with E-state index in [4.69, 9.17) is 4.74 Å². The molecule has 2 aliphatic heterocycles. The van der Waals surface area contributed by atoms with Crippen LogP contribution in [0.3, 0.4) is 0 Å². The van der Waals surface area contributed by atoms with Crippen LogP contribution < -0.4 is 5.56 Å². The van der Waals surface area contributed by atoms with Crippen LogP contribution in [0.2, 0.25) is 0 Å². The molecule has 5 nitrogen and oxygen atoms in total. The molecule has 1 unspecified atom stereocenters. The first-order chi connectivity index (χ1) is 12.9. The van der Waals surface area contributed by atoms with Gasteiger partial charge in [-0.05, 0) is 31.9 Å². The predicted molar refractivity (Wildman–Crippen MR) is 113 cm³/mol. The highest BCUT2D eigenvalue weighted by Crippen LogP contribution is 2.35. The smallest absolute Gasteiger partial charge is 0.339 e. The Morgan fingerprint density at radius 2 is 1.82 bits per heavy atom. The molecule has 1 aromatic carbocycles. The Morgan fingerprint density at radius 3 is 2.46 bits per heavy atom. The fourth-order valence-electron chi connectivity index (χ4n) is 4.73. The van der Waals surface area contributed by atoms with E-state index in [0.717, 1.165) is 23.7 Å². The molecule has 2 bridgehead atoms. The molecule has 2 aliphatic rings. The first-order valence-electron chi connectivity index (χ1n) is 9.99. The van der Waals surface area contributed by atoms with Gasteiger partial charge in [0.25, 0.3) is 5.56 Å². The highest BCUT2D eigenvalue weighted by atomic mass is 35.5. The molecule has 3 atom stereocenters. The van der Waals surface area contributed by atoms with Crippen molar-refractivity contribution in [1.29, 1.82) is 0 Å². The summed E-state index contributed by atoms with van der Waals surface area (Å²) in [5, 5.41) is 0.790. The molecular formula is C22H29ClN2O3. The number of pyridine rings is 1. The average Bonchev–Trinajstić information content (AvgIpc) is 2.84. The number of hydrogen-bond acceptors (Lipinski definition) is 4. The lowest BCUT2D eigenvalue weighted by Gasteiger charge is -2.35. The third-order valence-corrected chi connectivity index (χ3v) is 6.12. The second-order valence-corrected chi connectivity index (χ2v) is 8.47. The zero-order valence-corrected chi connectivity index (χ0v) is 17.6. The molecule has 0 radical (unpaired) electrons. The Labute approximate surface area is 172 Å². The van der Waals surface area contributed by atoms with Crippen LogP contribution >= 0.6 is 12.4 Å². The van der Waals surface area contributed by atoms with Gasteiger partial charge in [-0.1, -0.05) is 32.0 Å². The molecule has 0 saturated carbocycles. The highest BCUT2D eigenvalue weighted by Gasteiger charge is 2.40. The maximum absolute atomic E-state index is 12.9. The Morgan fingerprint density at radius 1 is 1.18 bits per heavy atom. The summed E-state index contributed by atoms with van der Waals surface area (Å²) < 4.78 is 7.63. The van der Waals surface area contributed by atoms with Gasteiger partial charge in [-0.15, -0.1) is 12.4 Å². The van der Waals surface area contributed by atoms with Gasteiger partial charge in [-0.25, -0.2) is 4.79 Å². The van der Waals surface area contributed by atoms with Gasteiger partial charge in [0.2, 0.25) is 0 Å². The molecule has 0 amide bonds. The van der Waals surface area contributed by atoms with E-state index in [9.17, 15) is 9.59 Å². The van der Waals surface area contributed by atoms with Crippen molar-refractivity contribution in [2.75, 3.05) is 7.05 Å². The Hall–Kier alpha value is -1.85. The minimum absolute atomic E-state index is 0. The maximum Gasteiger partial charge on any atom is 0.339 e. The first-order valence-corrected chi connectivity index (χ1v) is 9.99. The van der Waals surface area contributed by atoms with Crippen LogP contribution in [0, 0.1) is 5.92 Å². The van der Waals surface area contributed by atoms with Crippen LogP contribution in [0.25, 0.3) is 10.9 Å². The summed E-state index contributed by atoms with van der Waals surface area (Å²) in [6.07, 6.45) is 4.10. The van der Waals surface area contributed by atoms with Gasteiger partial charge >= 0.3 is 5.97 Å². The topological polar surface area (TPSA) is 51.5 Å². The van der Waals surface area contributed by atoms with Gasteiger partial charge in [0.15, 0.2) is 0 Å². The van der Waals surface area contributed by atoms with E-state index in [-0.39, 0.29) is 30.0 Å². The number of nitrogens with zero attached hydrogens (tertiary/aromatic N) is 2. The summed E-state index contributed by atoms with van der Waals surface area (Å²) in [6.45, 7) is 4.79. The number of hydrogen-bond donors (Lipinski definition) is 0. The number of esters is 1. The van der Waals surface area contributed by atoms with Gasteiger partial charge in [0.05, 0.1) is 11.1 Å². The van der Waals surface area contributed by atoms with Gasteiger partial charge in [-0.2, -0.15) is 0 Å². The molecule has 2 saturated heterocycles. The van der Waals surface area contributed by atoms with Crippen molar-refractivity contribution >= 4 is 29.3 Å². The fourth-order valence-corrected chi connectivity index (χ4v) is 4.73. The summed E-state index contributed by atoms with van der Waals surface area (Å²) in [7, 11) is 2.17. The summed E-state index contributed by atoms with van der Waals surface area (Å²) in [6, 6.07) is 10.1. The quantitative estimate of drug-likeness (QED) is 0.726. The molecule has 0 aliphatic carbocycles. The molecule has 1 aromatic heterocycles. The molecule has 0 N–H and O–H groups in total. The fraction of sp³-hybridized carbons (Fsp3) is 0.545. The summed E-state index contributed by atoms with van der Waals surface area (Å²) in [4.78, 5) is 28.1. The van der Waals surface area contributed by atoms with Crippen LogP contribution in [-0.4, -0.2) is 40.7 Å². The van der Waals surface area contributed by atoms with E-state index in [1.807, 2.05) is 24.3 Å². The number of aromatic nitrogens is 1. The molecule has 28 heavy (non-hydrogen) atoms. The Balaban J connectivity index is 0.00000225. The average molecular weight is 405 g/mol. The van der Waals surface area contributed by atoms with E-state index in [2.05, 4.69) is 25.8 Å². The minimum Gasteiger partial charge on any atom is -0.459 e. The van der Waals surface area contributed by atoms with E-state index < -0.39 is 0 Å². The molecule has 4 rings (SSSR count). The van der Waals surface area contributed by atoms with Crippen LogP contribution in [-0.2, 0) is 11.3 Å². The number of para-hydroxylation sites is 1. The number of ether oxygens (including phenoxy) is 1. The zero-order chi connectivity index (χ0) is 19.1. The van der Waals surface area contributed by atoms with Crippen molar-refractivity contribution in [3.63, 3.8) is 0 Å². The zero-order valence-electron chi connectivity index (χ0n) is 16.8. The number of fused-ring (bicyclic) bond motifs is 3. The molecule has 3 heterocycles. The summed E-state index contributed by atoms with van der Waals surface area (Å²) in [5.41, 5.74) is 1.05. The molecular weight excluding hydrogens is 376 g/mol. The SMILES string of the molecule is CC(C)Cn1c(=O)cc(C(=O)OC2C[C@H]3CC[C@@H](C2)N3C)c2ccccc21.Cl. The minimum atomic E-state index is -0.367. The van der Waals surface area contributed by atoms with E-state index in [0.29, 0.717) is 30.1 Å². The number of rotatable bonds is 4. The van der Waals surface area contributed by atoms with Crippen molar-refractivity contribution in [3.8, 4) is 0 Å². The predicted octanol–water partition coefficient (Wildman–Crippen LogP) is 3.86. The normalized spacial score (nSPS) is 24.4. The lowest BCUT2D eigenvalue weighted by Crippen LogP contribution is -2.43. The largest absolute Gasteiger partial charge is 0.459 e. The Kier molecular flexibility index (Phi) is 6.15. The van der Waals surface area contributed by atoms with Gasteiger partial charge in [0, 0.05) is 42.9 Å². The number of halogens is 1. The standard InChI is InChI=1S/C22H28N2O3.ClH/c1-14(2)13-24-20-7-5-4-6-18(20)19(12-21(24)25)22(26)27-17-10-15-8-9-16(11-17)23(15)3;/h4-7,12,14-17H,8-11,13H2,1-3H3;1H/t15-,16+,17?;. The Bertz CT molecular complexity index is 910. The molecule has 6 heteroatoms. The monoisotopic (exact) mass is 404 g/mol. The van der Waals surface area contributed by atoms with Crippen molar-refractivity contribution < 1.29 is 9.53 Å². The van der Waals surface area contributed by atoms with Crippen LogP contribution in [0.4, 0.5) is 0 Å². The summed E-state index contributed by atoms with van der Waals surface area (Å²) in [5.74, 6) is -0.0208. The third kappa shape index (κ3) is 3.83. The number of piperidine rings is 1. The van der Waals surface area contributed by atoms with Crippen LogP contribution in [0.15, 0.2) is 35.1 Å². The number of benzene rings is 1. The van der Waals surface area contributed by atoms with E-state index >= 15 is 0 Å². The second-order valence-electron chi connectivity index (χ2n) is 8.47. The van der Waals surface area contributed by atoms with Crippen LogP contribution in [0.5, 0.6) is 0 Å². The second kappa shape index (κ2) is 8.26.